The molecular weight excluding hydrogens is 882 g/mol. The van der Waals surface area contributed by atoms with E-state index in [1.807, 2.05) is 37.7 Å². The molecule has 2 saturated heterocycles. The summed E-state index contributed by atoms with van der Waals surface area (Å²) in [5.41, 5.74) is 3.99. The Bertz CT molecular complexity index is 1830. The van der Waals surface area contributed by atoms with Gasteiger partial charge in [-0.3, -0.25) is 9.80 Å². The normalized spacial score (nSPS) is 36.8. The van der Waals surface area contributed by atoms with Crippen molar-refractivity contribution in [1.82, 2.24) is 25.8 Å². The molecule has 0 aliphatic carbocycles. The van der Waals surface area contributed by atoms with Crippen LogP contribution in [0.1, 0.15) is 92.7 Å². The third kappa shape index (κ3) is 13.4. The molecule has 3 aliphatic rings. The Balaban J connectivity index is 1.50. The lowest BCUT2D eigenvalue weighted by Crippen LogP contribution is -2.59. The van der Waals surface area contributed by atoms with E-state index in [1.165, 1.54) is 40.2 Å². The van der Waals surface area contributed by atoms with Gasteiger partial charge in [-0.2, -0.15) is 0 Å². The molecule has 2 fully saturated rings. The van der Waals surface area contributed by atoms with Gasteiger partial charge in [0, 0.05) is 63.6 Å². The summed E-state index contributed by atoms with van der Waals surface area (Å²) in [5.74, 6) is -3.16. The van der Waals surface area contributed by atoms with Gasteiger partial charge in [-0.1, -0.05) is 32.9 Å². The van der Waals surface area contributed by atoms with Crippen molar-refractivity contribution in [3.05, 3.63) is 41.7 Å². The molecule has 1 aromatic carbocycles. The molecule has 4 rings (SSSR count). The van der Waals surface area contributed by atoms with Crippen molar-refractivity contribution in [1.29, 1.82) is 0 Å². The summed E-state index contributed by atoms with van der Waals surface area (Å²) < 4.78 is 69.3. The maximum Gasteiger partial charge on any atom is 0.311 e. The fourth-order valence-corrected chi connectivity index (χ4v) is 11.0. The number of aliphatic hydroxyl groups excluding tert-OH is 3. The number of carbonyl (C=O) groups is 1. The maximum absolute atomic E-state index is 14.8. The molecule has 380 valence electrons. The summed E-state index contributed by atoms with van der Waals surface area (Å²) >= 11 is 0. The molecule has 0 aromatic heterocycles. The van der Waals surface area contributed by atoms with Crippen LogP contribution in [-0.4, -0.2) is 187 Å². The van der Waals surface area contributed by atoms with Crippen molar-refractivity contribution in [3.8, 4) is 0 Å². The Labute approximate surface area is 391 Å². The van der Waals surface area contributed by atoms with Crippen molar-refractivity contribution in [2.24, 2.45) is 17.8 Å². The molecule has 1 aromatic rings. The highest BCUT2D eigenvalue weighted by Crippen LogP contribution is 2.37. The van der Waals surface area contributed by atoms with Crippen molar-refractivity contribution >= 4 is 15.8 Å². The molecule has 0 spiro atoms. The first-order valence-electron chi connectivity index (χ1n) is 23.2. The van der Waals surface area contributed by atoms with Crippen LogP contribution in [0.2, 0.25) is 0 Å². The number of rotatable bonds is 16. The first-order chi connectivity index (χ1) is 30.8. The Morgan fingerprint density at radius 3 is 2.29 bits per heavy atom. The summed E-state index contributed by atoms with van der Waals surface area (Å²) in [6, 6.07) is 4.33. The predicted molar refractivity (Wildman–Crippen MR) is 245 cm³/mol. The SMILES string of the molecule is CC[C@H]1OC(=O)[C@H](C)[C@@H](O)[C@H](C)[C@@H](O[C@@H]2O[C@H](C)C[C@H](N(C)CCC3=CN([C@H](CF)[C@H](OC)c4ccc(S(=O)(=O)CCOC)cc4)NN3)[C@H]2O)[C@](C)(O)C[C@@H](C)CN(C)[C@H](C)[C@@H](O)[C@]1(C)O. The van der Waals surface area contributed by atoms with Crippen LogP contribution < -0.4 is 11.0 Å². The number of hydrazine groups is 2. The number of carbonyl (C=O) groups excluding carboxylic acids is 1. The number of ether oxygens (including phenoxy) is 5. The molecule has 0 bridgehead atoms. The van der Waals surface area contributed by atoms with Gasteiger partial charge >= 0.3 is 5.97 Å². The van der Waals surface area contributed by atoms with Gasteiger partial charge in [0.2, 0.25) is 0 Å². The van der Waals surface area contributed by atoms with E-state index in [0.717, 1.165) is 5.70 Å². The monoisotopic (exact) mass is 962 g/mol. The van der Waals surface area contributed by atoms with Gasteiger partial charge in [0.1, 0.15) is 42.7 Å². The van der Waals surface area contributed by atoms with Crippen molar-refractivity contribution in [2.75, 3.05) is 60.4 Å². The topological polar surface area (TPSA) is 232 Å². The zero-order valence-corrected chi connectivity index (χ0v) is 41.8. The highest BCUT2D eigenvalue weighted by molar-refractivity contribution is 7.91. The lowest BCUT2D eigenvalue weighted by molar-refractivity contribution is -0.299. The van der Waals surface area contributed by atoms with E-state index in [9.17, 15) is 43.1 Å². The van der Waals surface area contributed by atoms with E-state index >= 15 is 0 Å². The third-order valence-electron chi connectivity index (χ3n) is 14.0. The fourth-order valence-electron chi connectivity index (χ4n) is 9.79. The number of halogens is 1. The first-order valence-corrected chi connectivity index (χ1v) is 24.8. The molecule has 20 heteroatoms. The molecule has 0 saturated carbocycles. The standard InChI is InChI=1S/C46H80FN5O13S/c1-13-37-46(8,58)41(55)31(6)51(10)25-27(2)23-45(7,57)42(29(4)38(53)30(5)43(56)64-37)65-44-39(54)35(22-28(3)63-44)50(9)19-18-33-26-52(49-48-33)36(24-47)40(62-12)32-14-16-34(17-15-32)66(59,60)21-20-61-11/h14-17,26-31,35-42,44,48-49,53-55,57-58H,13,18-25H2,1-12H3/t27-,28-,29+,30-,31-,35+,36-,37-,38+,39-,40-,41-,42-,44+,45-,46-/m1/s1. The Morgan fingerprint density at radius 1 is 1.05 bits per heavy atom. The van der Waals surface area contributed by atoms with Crippen LogP contribution in [0.5, 0.6) is 0 Å². The van der Waals surface area contributed by atoms with Gasteiger partial charge in [-0.25, -0.2) is 12.8 Å². The highest BCUT2D eigenvalue weighted by Gasteiger charge is 2.50. The molecule has 16 atom stereocenters. The number of nitrogens with one attached hydrogen (secondary N) is 2. The third-order valence-corrected chi connectivity index (χ3v) is 15.7. The minimum Gasteiger partial charge on any atom is -0.459 e. The number of hydrogen-bond acceptors (Lipinski definition) is 18. The number of nitrogens with zero attached hydrogens (tertiary/aromatic N) is 3. The Hall–Kier alpha value is -2.57. The summed E-state index contributed by atoms with van der Waals surface area (Å²) in [7, 11) is 3.01. The predicted octanol–water partition coefficient (Wildman–Crippen LogP) is 2.05. The Morgan fingerprint density at radius 2 is 1.70 bits per heavy atom. The van der Waals surface area contributed by atoms with Crippen LogP contribution in [0.25, 0.3) is 0 Å². The summed E-state index contributed by atoms with van der Waals surface area (Å²) in [6.45, 7) is 13.6. The quantitative estimate of drug-likeness (QED) is 0.118. The number of cyclic esters (lactones) is 1. The molecule has 3 aliphatic heterocycles. The highest BCUT2D eigenvalue weighted by atomic mass is 32.2. The van der Waals surface area contributed by atoms with Crippen molar-refractivity contribution in [2.45, 2.75) is 164 Å². The van der Waals surface area contributed by atoms with Crippen LogP contribution in [0, 0.1) is 17.8 Å². The van der Waals surface area contributed by atoms with Crippen LogP contribution >= 0.6 is 0 Å². The van der Waals surface area contributed by atoms with Gasteiger partial charge in [0.25, 0.3) is 0 Å². The number of alkyl halides is 1. The number of esters is 1. The van der Waals surface area contributed by atoms with E-state index in [1.54, 1.807) is 51.0 Å². The summed E-state index contributed by atoms with van der Waals surface area (Å²) in [5, 5.41) is 60.5. The number of methoxy groups -OCH3 is 2. The van der Waals surface area contributed by atoms with E-state index in [2.05, 4.69) is 11.0 Å². The van der Waals surface area contributed by atoms with Crippen LogP contribution in [0.3, 0.4) is 0 Å². The van der Waals surface area contributed by atoms with Gasteiger partial charge in [-0.15, -0.1) is 5.53 Å². The first kappa shape index (κ1) is 56.0. The van der Waals surface area contributed by atoms with Gasteiger partial charge in [-0.05, 0) is 91.6 Å². The molecule has 0 radical (unpaired) electrons. The van der Waals surface area contributed by atoms with Crippen molar-refractivity contribution < 1.29 is 66.8 Å². The maximum atomic E-state index is 14.8. The van der Waals surface area contributed by atoms with Gasteiger partial charge < -0.3 is 64.4 Å². The van der Waals surface area contributed by atoms with E-state index in [4.69, 9.17) is 23.7 Å². The van der Waals surface area contributed by atoms with Crippen molar-refractivity contribution in [3.63, 3.8) is 0 Å². The number of sulfone groups is 1. The van der Waals surface area contributed by atoms with Crippen LogP contribution in [0.15, 0.2) is 41.1 Å². The van der Waals surface area contributed by atoms with E-state index in [-0.39, 0.29) is 42.1 Å². The average Bonchev–Trinajstić information content (AvgIpc) is 3.74. The minimum absolute atomic E-state index is 0.0622. The molecule has 7 N–H and O–H groups in total. The second-order valence-electron chi connectivity index (χ2n) is 19.4. The summed E-state index contributed by atoms with van der Waals surface area (Å²) in [4.78, 5) is 17.6. The molecule has 0 unspecified atom stereocenters. The molecular formula is C46H80FN5O13S. The number of hydrogen-bond donors (Lipinski definition) is 7. The van der Waals surface area contributed by atoms with Gasteiger partial charge in [0.15, 0.2) is 16.1 Å². The van der Waals surface area contributed by atoms with E-state index < -0.39 is 107 Å². The zero-order chi connectivity index (χ0) is 49.5. The molecule has 0 amide bonds. The minimum atomic E-state index is -3.55. The number of aliphatic hydroxyl groups is 5. The molecule has 18 nitrogen and oxygen atoms in total. The smallest absolute Gasteiger partial charge is 0.311 e. The van der Waals surface area contributed by atoms with Crippen LogP contribution in [-0.2, 0) is 38.3 Å². The average molecular weight is 962 g/mol. The summed E-state index contributed by atoms with van der Waals surface area (Å²) in [6.07, 6.45) is -5.50. The van der Waals surface area contributed by atoms with Crippen LogP contribution in [0.4, 0.5) is 4.39 Å². The fraction of sp³-hybridized carbons (Fsp3) is 0.804. The molecule has 66 heavy (non-hydrogen) atoms. The zero-order valence-electron chi connectivity index (χ0n) is 41.0. The largest absolute Gasteiger partial charge is 0.459 e. The lowest BCUT2D eigenvalue weighted by Gasteiger charge is -2.47. The lowest BCUT2D eigenvalue weighted by atomic mass is 9.78. The second kappa shape index (κ2) is 23.8. The Kier molecular flexibility index (Phi) is 20.2. The number of benzene rings is 1. The van der Waals surface area contributed by atoms with Gasteiger partial charge in [0.05, 0.1) is 47.1 Å². The number of likely N-dealkylation sites (N-methyl/N-ethyl adjacent to an activating group) is 2. The molecule has 3 heterocycles. The second-order valence-corrected chi connectivity index (χ2v) is 21.6. The van der Waals surface area contributed by atoms with E-state index in [0.29, 0.717) is 31.5 Å².